The lowest BCUT2D eigenvalue weighted by Gasteiger charge is -2.21. The van der Waals surface area contributed by atoms with Gasteiger partial charge < -0.3 is 19.9 Å². The van der Waals surface area contributed by atoms with Crippen LogP contribution in [-0.2, 0) is 17.8 Å². The van der Waals surface area contributed by atoms with Crippen molar-refractivity contribution in [2.45, 2.75) is 32.7 Å². The summed E-state index contributed by atoms with van der Waals surface area (Å²) in [6.45, 7) is 3.52. The number of carbonyl (C=O) groups is 2. The smallest absolute Gasteiger partial charge is 0.284 e. The van der Waals surface area contributed by atoms with E-state index >= 15 is 0 Å². The van der Waals surface area contributed by atoms with Gasteiger partial charge in [-0.25, -0.2) is 4.98 Å². The summed E-state index contributed by atoms with van der Waals surface area (Å²) < 4.78 is 7.37. The third-order valence-electron chi connectivity index (χ3n) is 4.72. The summed E-state index contributed by atoms with van der Waals surface area (Å²) in [5.74, 6) is 1.47. The fourth-order valence-electron chi connectivity index (χ4n) is 3.21. The van der Waals surface area contributed by atoms with E-state index in [2.05, 4.69) is 11.9 Å². The van der Waals surface area contributed by atoms with Crippen LogP contribution in [0.5, 0.6) is 5.75 Å². The highest BCUT2D eigenvalue weighted by molar-refractivity contribution is 5.95. The predicted molar refractivity (Wildman–Crippen MR) is 98.2 cm³/mol. The van der Waals surface area contributed by atoms with Crippen LogP contribution in [0.25, 0.3) is 0 Å². The number of para-hydroxylation sites is 2. The van der Waals surface area contributed by atoms with Crippen molar-refractivity contribution in [1.82, 2.24) is 9.55 Å². The maximum absolute atomic E-state index is 11.4. The number of nitrogens with two attached hydrogens (primary N) is 1. The molecule has 26 heavy (non-hydrogen) atoms. The number of fused-ring (bicyclic) bond motifs is 2. The predicted octanol–water partition coefficient (Wildman–Crippen LogP) is 2.00. The van der Waals surface area contributed by atoms with E-state index in [9.17, 15) is 9.59 Å². The summed E-state index contributed by atoms with van der Waals surface area (Å²) in [6, 6.07) is 7.57. The van der Waals surface area contributed by atoms with Crippen molar-refractivity contribution in [2.75, 3.05) is 18.6 Å². The Morgan fingerprint density at radius 3 is 2.85 bits per heavy atom. The average molecular weight is 356 g/mol. The molecule has 4 rings (SSSR count). The van der Waals surface area contributed by atoms with Crippen LogP contribution in [0.15, 0.2) is 30.5 Å². The molecular formula is C19H24N4O3. The van der Waals surface area contributed by atoms with Crippen LogP contribution in [0, 0.1) is 5.92 Å². The van der Waals surface area contributed by atoms with Gasteiger partial charge >= 0.3 is 0 Å². The molecule has 2 aromatic rings. The molecule has 2 aliphatic rings. The fraction of sp³-hybridized carbons (Fsp3) is 0.421. The number of anilines is 1. The van der Waals surface area contributed by atoms with Gasteiger partial charge in [0.2, 0.25) is 5.91 Å². The summed E-state index contributed by atoms with van der Waals surface area (Å²) in [5, 5.41) is 0. The third-order valence-corrected chi connectivity index (χ3v) is 4.72. The number of ether oxygens (including phenoxy) is 1. The van der Waals surface area contributed by atoms with Crippen molar-refractivity contribution in [3.63, 3.8) is 0 Å². The van der Waals surface area contributed by atoms with E-state index in [1.165, 1.54) is 6.42 Å². The van der Waals surface area contributed by atoms with Gasteiger partial charge in [-0.15, -0.1) is 0 Å². The van der Waals surface area contributed by atoms with Gasteiger partial charge in [-0.2, -0.15) is 0 Å². The molecule has 0 saturated carbocycles. The van der Waals surface area contributed by atoms with E-state index < -0.39 is 5.91 Å². The first-order chi connectivity index (χ1) is 12.5. The molecule has 1 unspecified atom stereocenters. The SMILES string of the molecule is CC1CCc2cnc(C(N)=O)n2C1.CN1C(=O)CCOc2ccccc21. The number of aromatic nitrogens is 2. The molecule has 0 saturated heterocycles. The maximum Gasteiger partial charge on any atom is 0.284 e. The van der Waals surface area contributed by atoms with E-state index in [1.54, 1.807) is 18.1 Å². The number of primary amides is 1. The highest BCUT2D eigenvalue weighted by atomic mass is 16.5. The van der Waals surface area contributed by atoms with E-state index in [0.717, 1.165) is 30.1 Å². The Morgan fingerprint density at radius 2 is 2.08 bits per heavy atom. The number of imidazole rings is 1. The largest absolute Gasteiger partial charge is 0.491 e. The van der Waals surface area contributed by atoms with Crippen LogP contribution in [0.2, 0.25) is 0 Å². The van der Waals surface area contributed by atoms with E-state index in [1.807, 2.05) is 28.8 Å². The van der Waals surface area contributed by atoms with Crippen LogP contribution < -0.4 is 15.4 Å². The Balaban J connectivity index is 0.000000151. The van der Waals surface area contributed by atoms with Gasteiger partial charge in [0.1, 0.15) is 5.75 Å². The summed E-state index contributed by atoms with van der Waals surface area (Å²) in [7, 11) is 1.77. The Labute approximate surface area is 152 Å². The molecule has 3 heterocycles. The minimum absolute atomic E-state index is 0.102. The van der Waals surface area contributed by atoms with E-state index in [-0.39, 0.29) is 5.91 Å². The lowest BCUT2D eigenvalue weighted by Crippen LogP contribution is -2.24. The zero-order valence-electron chi connectivity index (χ0n) is 15.1. The summed E-state index contributed by atoms with van der Waals surface area (Å²) in [5.41, 5.74) is 7.19. The van der Waals surface area contributed by atoms with Gasteiger partial charge in [0.25, 0.3) is 5.91 Å². The van der Waals surface area contributed by atoms with Crippen molar-refractivity contribution in [3.05, 3.63) is 42.0 Å². The topological polar surface area (TPSA) is 90.5 Å². The Kier molecular flexibility index (Phi) is 5.25. The third kappa shape index (κ3) is 3.71. The molecule has 2 amide bonds. The number of rotatable bonds is 1. The van der Waals surface area contributed by atoms with Crippen molar-refractivity contribution in [1.29, 1.82) is 0 Å². The highest BCUT2D eigenvalue weighted by Crippen LogP contribution is 2.29. The second-order valence-corrected chi connectivity index (χ2v) is 6.71. The molecule has 0 spiro atoms. The van der Waals surface area contributed by atoms with Crippen molar-refractivity contribution < 1.29 is 14.3 Å². The number of carbonyl (C=O) groups excluding carboxylic acids is 2. The lowest BCUT2D eigenvalue weighted by molar-refractivity contribution is -0.118. The molecule has 7 nitrogen and oxygen atoms in total. The molecule has 1 aromatic heterocycles. The van der Waals surface area contributed by atoms with Crippen LogP contribution in [-0.4, -0.2) is 35.0 Å². The lowest BCUT2D eigenvalue weighted by atomic mass is 10.0. The van der Waals surface area contributed by atoms with Gasteiger partial charge in [-0.1, -0.05) is 19.1 Å². The number of amides is 2. The molecule has 7 heteroatoms. The van der Waals surface area contributed by atoms with Crippen LogP contribution in [0.1, 0.15) is 36.1 Å². The fourth-order valence-corrected chi connectivity index (χ4v) is 3.21. The van der Waals surface area contributed by atoms with Gasteiger partial charge in [0.05, 0.1) is 18.7 Å². The van der Waals surface area contributed by atoms with E-state index in [0.29, 0.717) is 24.8 Å². The molecule has 2 aliphatic heterocycles. The molecule has 1 atom stereocenters. The van der Waals surface area contributed by atoms with Gasteiger partial charge in [0, 0.05) is 25.5 Å². The molecule has 1 aromatic carbocycles. The monoisotopic (exact) mass is 356 g/mol. The van der Waals surface area contributed by atoms with Crippen molar-refractivity contribution in [3.8, 4) is 5.75 Å². The number of benzene rings is 1. The first-order valence-corrected chi connectivity index (χ1v) is 8.80. The molecule has 138 valence electrons. The molecular weight excluding hydrogens is 332 g/mol. The second kappa shape index (κ2) is 7.59. The molecule has 2 N–H and O–H groups in total. The minimum Gasteiger partial charge on any atom is -0.491 e. The quantitative estimate of drug-likeness (QED) is 0.846. The van der Waals surface area contributed by atoms with Crippen LogP contribution in [0.3, 0.4) is 0 Å². The van der Waals surface area contributed by atoms with Crippen molar-refractivity contribution >= 4 is 17.5 Å². The first kappa shape index (κ1) is 18.0. The molecule has 0 fully saturated rings. The zero-order valence-corrected chi connectivity index (χ0v) is 15.1. The Bertz CT molecular complexity index is 815. The second-order valence-electron chi connectivity index (χ2n) is 6.71. The van der Waals surface area contributed by atoms with Gasteiger partial charge in [-0.3, -0.25) is 9.59 Å². The summed E-state index contributed by atoms with van der Waals surface area (Å²) in [4.78, 5) is 28.1. The molecule has 0 radical (unpaired) electrons. The Morgan fingerprint density at radius 1 is 1.31 bits per heavy atom. The van der Waals surface area contributed by atoms with Crippen LogP contribution in [0.4, 0.5) is 5.69 Å². The summed E-state index contributed by atoms with van der Waals surface area (Å²) >= 11 is 0. The standard InChI is InChI=1S/C10H11NO2.C9H13N3O/c1-11-8-4-2-3-5-9(8)13-7-6-10(11)12;1-6-2-3-7-4-11-9(8(10)13)12(7)5-6/h2-5H,6-7H2,1H3;4,6H,2-3,5H2,1H3,(H2,10,13). The first-order valence-electron chi connectivity index (χ1n) is 8.80. The maximum atomic E-state index is 11.4. The molecule has 0 bridgehead atoms. The van der Waals surface area contributed by atoms with E-state index in [4.69, 9.17) is 10.5 Å². The van der Waals surface area contributed by atoms with Crippen molar-refractivity contribution in [2.24, 2.45) is 11.7 Å². The zero-order chi connectivity index (χ0) is 18.7. The Hall–Kier alpha value is -2.83. The normalized spacial score (nSPS) is 18.6. The number of hydrogen-bond donors (Lipinski definition) is 1. The van der Waals surface area contributed by atoms with Gasteiger partial charge in [-0.05, 0) is 30.9 Å². The van der Waals surface area contributed by atoms with Crippen LogP contribution >= 0.6 is 0 Å². The number of nitrogens with zero attached hydrogens (tertiary/aromatic N) is 3. The number of hydrogen-bond acceptors (Lipinski definition) is 4. The molecule has 0 aliphatic carbocycles. The average Bonchev–Trinajstić information content (AvgIpc) is 2.99. The number of aryl methyl sites for hydroxylation is 1. The summed E-state index contributed by atoms with van der Waals surface area (Å²) in [6.07, 6.45) is 4.38. The highest BCUT2D eigenvalue weighted by Gasteiger charge is 2.20. The minimum atomic E-state index is -0.430. The van der Waals surface area contributed by atoms with Gasteiger partial charge in [0.15, 0.2) is 5.82 Å².